The highest BCUT2D eigenvalue weighted by atomic mass is 35.5. The highest BCUT2D eigenvalue weighted by molar-refractivity contribution is 6.30. The van der Waals surface area contributed by atoms with Crippen LogP contribution in [-0.4, -0.2) is 32.7 Å². The summed E-state index contributed by atoms with van der Waals surface area (Å²) >= 11 is 6.13. The highest BCUT2D eigenvalue weighted by Gasteiger charge is 2.45. The minimum Gasteiger partial charge on any atom is -0.379 e. The molecule has 3 aliphatic rings. The van der Waals surface area contributed by atoms with E-state index in [0.29, 0.717) is 41.7 Å². The summed E-state index contributed by atoms with van der Waals surface area (Å²) in [6.07, 6.45) is 10.3. The molecule has 0 bridgehead atoms. The van der Waals surface area contributed by atoms with E-state index >= 15 is 0 Å². The molecule has 2 amide bonds. The maximum Gasteiger partial charge on any atom is 0.229 e. The van der Waals surface area contributed by atoms with Crippen LogP contribution < -0.4 is 15.5 Å². The lowest BCUT2D eigenvalue weighted by Crippen LogP contribution is -2.24. The maximum atomic E-state index is 12.9. The minimum atomic E-state index is -0.228. The first kappa shape index (κ1) is 25.5. The molecular weight excluding hydrogens is 538 g/mol. The van der Waals surface area contributed by atoms with Gasteiger partial charge in [-0.05, 0) is 79.0 Å². The second kappa shape index (κ2) is 10.2. The van der Waals surface area contributed by atoms with E-state index in [9.17, 15) is 14.9 Å². The van der Waals surface area contributed by atoms with Crippen molar-refractivity contribution in [1.82, 2.24) is 14.4 Å². The number of imidazole rings is 1. The average molecular weight is 566 g/mol. The number of pyridine rings is 2. The molecule has 206 valence electrons. The quantitative estimate of drug-likeness (QED) is 0.287. The smallest absolute Gasteiger partial charge is 0.229 e. The lowest BCUT2D eigenvalue weighted by atomic mass is 10.0. The Morgan fingerprint density at radius 2 is 2.05 bits per heavy atom. The first-order valence-electron chi connectivity index (χ1n) is 14.0. The van der Waals surface area contributed by atoms with Gasteiger partial charge in [-0.2, -0.15) is 5.26 Å². The molecule has 2 saturated carbocycles. The zero-order valence-corrected chi connectivity index (χ0v) is 23.1. The number of carbonyl (C=O) groups excluding carboxylic acids is 2. The normalized spacial score (nSPS) is 19.8. The van der Waals surface area contributed by atoms with Crippen LogP contribution in [0.25, 0.3) is 5.65 Å². The number of hydrogen-bond acceptors (Lipinski definition) is 6. The van der Waals surface area contributed by atoms with Crippen molar-refractivity contribution in [3.63, 3.8) is 0 Å². The second-order valence-electron chi connectivity index (χ2n) is 11.1. The Labute approximate surface area is 242 Å². The third-order valence-corrected chi connectivity index (χ3v) is 8.40. The van der Waals surface area contributed by atoms with E-state index in [2.05, 4.69) is 33.9 Å². The van der Waals surface area contributed by atoms with Crippen LogP contribution >= 0.6 is 11.6 Å². The Kier molecular flexibility index (Phi) is 6.36. The van der Waals surface area contributed by atoms with Crippen molar-refractivity contribution < 1.29 is 9.59 Å². The van der Waals surface area contributed by atoms with Crippen LogP contribution in [0.2, 0.25) is 5.02 Å². The first-order chi connectivity index (χ1) is 20.0. The van der Waals surface area contributed by atoms with Crippen LogP contribution in [0, 0.1) is 17.2 Å². The molecule has 4 heterocycles. The second-order valence-corrected chi connectivity index (χ2v) is 11.5. The molecule has 10 heteroatoms. The fourth-order valence-corrected chi connectivity index (χ4v) is 5.95. The van der Waals surface area contributed by atoms with Crippen molar-refractivity contribution in [2.75, 3.05) is 22.1 Å². The number of hydrogen-bond donors (Lipinski definition) is 2. The lowest BCUT2D eigenvalue weighted by molar-refractivity contribution is -0.118. The van der Waals surface area contributed by atoms with Gasteiger partial charge < -0.3 is 19.9 Å². The number of nitrogens with one attached hydrogen (secondary N) is 2. The molecule has 41 heavy (non-hydrogen) atoms. The van der Waals surface area contributed by atoms with E-state index in [1.54, 1.807) is 30.5 Å². The highest BCUT2D eigenvalue weighted by Crippen LogP contribution is 2.49. The molecule has 3 aromatic heterocycles. The molecule has 0 radical (unpaired) electrons. The van der Waals surface area contributed by atoms with E-state index in [0.717, 1.165) is 41.2 Å². The SMILES string of the molecule is N#Cc1ccc(Cl)cc1[C@@H]1C[C@H]1C(=O)Nc1cc(NCc2cn3cc(C4CC4)cc(N4CCCC4=O)c3n2)ccn1. The first-order valence-corrected chi connectivity index (χ1v) is 14.4. The van der Waals surface area contributed by atoms with Crippen LogP contribution in [0.5, 0.6) is 0 Å². The fourth-order valence-electron chi connectivity index (χ4n) is 5.77. The summed E-state index contributed by atoms with van der Waals surface area (Å²) in [7, 11) is 0. The van der Waals surface area contributed by atoms with E-state index in [1.165, 1.54) is 18.4 Å². The summed E-state index contributed by atoms with van der Waals surface area (Å²) in [5.41, 5.74) is 5.97. The number of carbonyl (C=O) groups is 2. The molecule has 9 nitrogen and oxygen atoms in total. The number of anilines is 3. The fraction of sp³-hybridized carbons (Fsp3) is 0.323. The van der Waals surface area contributed by atoms with E-state index < -0.39 is 0 Å². The number of halogens is 1. The van der Waals surface area contributed by atoms with Gasteiger partial charge in [0.05, 0.1) is 29.6 Å². The van der Waals surface area contributed by atoms with E-state index in [4.69, 9.17) is 16.6 Å². The Balaban J connectivity index is 1.04. The summed E-state index contributed by atoms with van der Waals surface area (Å²) < 4.78 is 2.05. The molecule has 2 aliphatic carbocycles. The Morgan fingerprint density at radius 3 is 2.83 bits per heavy atom. The van der Waals surface area contributed by atoms with Crippen molar-refractivity contribution in [1.29, 1.82) is 5.26 Å². The van der Waals surface area contributed by atoms with Gasteiger partial charge in [0.25, 0.3) is 0 Å². The largest absolute Gasteiger partial charge is 0.379 e. The molecule has 1 aromatic carbocycles. The van der Waals surface area contributed by atoms with Crippen LogP contribution in [0.3, 0.4) is 0 Å². The third-order valence-electron chi connectivity index (χ3n) is 8.16. The van der Waals surface area contributed by atoms with Gasteiger partial charge >= 0.3 is 0 Å². The van der Waals surface area contributed by atoms with Crippen LogP contribution in [-0.2, 0) is 16.1 Å². The van der Waals surface area contributed by atoms with Crippen LogP contribution in [0.1, 0.15) is 66.3 Å². The van der Waals surface area contributed by atoms with Gasteiger partial charge in [-0.3, -0.25) is 9.59 Å². The van der Waals surface area contributed by atoms with Gasteiger partial charge in [0, 0.05) is 54.3 Å². The monoisotopic (exact) mass is 565 g/mol. The lowest BCUT2D eigenvalue weighted by Gasteiger charge is -2.17. The molecule has 1 aliphatic heterocycles. The summed E-state index contributed by atoms with van der Waals surface area (Å²) in [5, 5.41) is 16.3. The van der Waals surface area contributed by atoms with Crippen molar-refractivity contribution >= 4 is 46.3 Å². The Morgan fingerprint density at radius 1 is 1.17 bits per heavy atom. The molecular formula is C31H28ClN7O2. The maximum absolute atomic E-state index is 12.9. The van der Waals surface area contributed by atoms with Crippen molar-refractivity contribution in [2.24, 2.45) is 5.92 Å². The average Bonchev–Trinajstić information content (AvgIpc) is 3.89. The van der Waals surface area contributed by atoms with Crippen LogP contribution in [0.15, 0.2) is 55.0 Å². The molecule has 3 fully saturated rings. The minimum absolute atomic E-state index is 0.0270. The summed E-state index contributed by atoms with van der Waals surface area (Å²) in [5.74, 6) is 0.796. The topological polar surface area (TPSA) is 115 Å². The van der Waals surface area contributed by atoms with E-state index in [-0.39, 0.29) is 23.7 Å². The number of amides is 2. The molecule has 0 unspecified atom stereocenters. The van der Waals surface area contributed by atoms with Crippen molar-refractivity contribution in [2.45, 2.75) is 50.5 Å². The summed E-state index contributed by atoms with van der Waals surface area (Å²) in [4.78, 5) is 36.6. The van der Waals surface area contributed by atoms with Gasteiger partial charge in [-0.1, -0.05) is 11.6 Å². The zero-order valence-electron chi connectivity index (χ0n) is 22.3. The van der Waals surface area contributed by atoms with Crippen molar-refractivity contribution in [3.05, 3.63) is 82.4 Å². The molecule has 4 aromatic rings. The number of benzene rings is 1. The summed E-state index contributed by atoms with van der Waals surface area (Å²) in [6, 6.07) is 13.1. The Hall–Kier alpha value is -4.42. The standard InChI is InChI=1S/C31H28ClN7O2/c32-21-6-5-19(14-33)24(11-21)25-13-26(25)31(41)37-28-12-22(7-8-34-28)35-15-23-17-38-16-20(18-3-4-18)10-27(30(38)36-23)39-9-1-2-29(39)40/h5-8,10-12,16-18,25-26H,1-4,9,13,15H2,(H2,34,35,37,41)/t25-,26+/m0/s1. The van der Waals surface area contributed by atoms with Crippen molar-refractivity contribution in [3.8, 4) is 6.07 Å². The van der Waals surface area contributed by atoms with E-state index in [1.807, 2.05) is 21.6 Å². The van der Waals surface area contributed by atoms with Gasteiger partial charge in [0.15, 0.2) is 5.65 Å². The third kappa shape index (κ3) is 5.11. The van der Waals surface area contributed by atoms with Gasteiger partial charge in [-0.15, -0.1) is 0 Å². The number of nitriles is 1. The molecule has 7 rings (SSSR count). The molecule has 2 atom stereocenters. The number of nitrogens with zero attached hydrogens (tertiary/aromatic N) is 5. The predicted octanol–water partition coefficient (Wildman–Crippen LogP) is 5.61. The molecule has 2 N–H and O–H groups in total. The van der Waals surface area contributed by atoms with Gasteiger partial charge in [0.1, 0.15) is 5.82 Å². The van der Waals surface area contributed by atoms with Crippen LogP contribution in [0.4, 0.5) is 17.2 Å². The zero-order chi connectivity index (χ0) is 28.1. The van der Waals surface area contributed by atoms with Gasteiger partial charge in [-0.25, -0.2) is 9.97 Å². The molecule has 0 spiro atoms. The number of fused-ring (bicyclic) bond motifs is 1. The molecule has 1 saturated heterocycles. The number of rotatable bonds is 8. The summed E-state index contributed by atoms with van der Waals surface area (Å²) in [6.45, 7) is 1.20. The van der Waals surface area contributed by atoms with Gasteiger partial charge in [0.2, 0.25) is 11.8 Å². The number of aromatic nitrogens is 3. The Bertz CT molecular complexity index is 1740. The predicted molar refractivity (Wildman–Crippen MR) is 156 cm³/mol.